The summed E-state index contributed by atoms with van der Waals surface area (Å²) in [5.41, 5.74) is 3.24. The number of fused-ring (bicyclic) bond motifs is 3. The molecule has 3 rings (SSSR count). The van der Waals surface area contributed by atoms with Crippen molar-refractivity contribution >= 4 is 17.0 Å². The van der Waals surface area contributed by atoms with Crippen LogP contribution in [0, 0.1) is 0 Å². The fourth-order valence-electron chi connectivity index (χ4n) is 2.48. The second-order valence-corrected chi connectivity index (χ2v) is 4.45. The first-order valence-corrected chi connectivity index (χ1v) is 5.84. The van der Waals surface area contributed by atoms with Gasteiger partial charge in [0.2, 0.25) is 0 Å². The van der Waals surface area contributed by atoms with Crippen molar-refractivity contribution in [1.82, 2.24) is 9.88 Å². The summed E-state index contributed by atoms with van der Waals surface area (Å²) >= 11 is 0. The molecule has 0 spiro atoms. The molecule has 0 atom stereocenters. The Morgan fingerprint density at radius 1 is 1.50 bits per heavy atom. The van der Waals surface area contributed by atoms with Gasteiger partial charge in [-0.05, 0) is 18.2 Å². The summed E-state index contributed by atoms with van der Waals surface area (Å²) in [5, 5.41) is 10.1. The zero-order chi connectivity index (χ0) is 12.7. The third-order valence-electron chi connectivity index (χ3n) is 3.45. The summed E-state index contributed by atoms with van der Waals surface area (Å²) in [5.74, 6) is 0.789. The van der Waals surface area contributed by atoms with E-state index in [1.807, 2.05) is 18.2 Å². The Balaban J connectivity index is 2.10. The van der Waals surface area contributed by atoms with Crippen molar-refractivity contribution in [2.45, 2.75) is 13.0 Å². The van der Waals surface area contributed by atoms with Gasteiger partial charge in [-0.1, -0.05) is 0 Å². The van der Waals surface area contributed by atoms with Crippen LogP contribution in [0.5, 0.6) is 5.75 Å². The number of methoxy groups -OCH3 is 1. The smallest absolute Gasteiger partial charge is 0.407 e. The van der Waals surface area contributed by atoms with Gasteiger partial charge >= 0.3 is 6.09 Å². The highest BCUT2D eigenvalue weighted by Crippen LogP contribution is 2.30. The second-order valence-electron chi connectivity index (χ2n) is 4.45. The minimum absolute atomic E-state index is 0.442. The van der Waals surface area contributed by atoms with Crippen molar-refractivity contribution in [2.24, 2.45) is 0 Å². The number of hydrogen-bond donors (Lipinski definition) is 2. The van der Waals surface area contributed by atoms with E-state index >= 15 is 0 Å². The molecule has 0 radical (unpaired) electrons. The molecule has 1 aliphatic heterocycles. The van der Waals surface area contributed by atoms with Crippen molar-refractivity contribution < 1.29 is 14.6 Å². The van der Waals surface area contributed by atoms with Gasteiger partial charge < -0.3 is 19.7 Å². The first-order chi connectivity index (χ1) is 8.69. The van der Waals surface area contributed by atoms with E-state index in [2.05, 4.69) is 4.98 Å². The molecule has 5 heteroatoms. The molecule has 1 aromatic carbocycles. The van der Waals surface area contributed by atoms with Crippen LogP contribution in [0.4, 0.5) is 4.79 Å². The standard InChI is InChI=1S/C13H14N2O3/c1-18-8-2-3-11-9(6-8)10-7-15(13(16)17)5-4-12(10)14-11/h2-3,6,14H,4-5,7H2,1H3,(H,16,17). The molecule has 0 saturated carbocycles. The van der Waals surface area contributed by atoms with E-state index < -0.39 is 6.09 Å². The number of H-pyrrole nitrogens is 1. The first kappa shape index (κ1) is 11.0. The number of nitrogens with one attached hydrogen (secondary N) is 1. The van der Waals surface area contributed by atoms with Crippen LogP contribution in [-0.4, -0.2) is 34.7 Å². The maximum atomic E-state index is 11.0. The lowest BCUT2D eigenvalue weighted by Gasteiger charge is -2.24. The molecule has 1 amide bonds. The number of hydrogen-bond acceptors (Lipinski definition) is 2. The Hall–Kier alpha value is -2.17. The van der Waals surface area contributed by atoms with Gasteiger partial charge in [-0.25, -0.2) is 4.79 Å². The molecule has 94 valence electrons. The third-order valence-corrected chi connectivity index (χ3v) is 3.45. The van der Waals surface area contributed by atoms with E-state index in [4.69, 9.17) is 9.84 Å². The van der Waals surface area contributed by atoms with Gasteiger partial charge in [-0.15, -0.1) is 0 Å². The molecule has 0 saturated heterocycles. The summed E-state index contributed by atoms with van der Waals surface area (Å²) in [7, 11) is 1.63. The Morgan fingerprint density at radius 2 is 2.33 bits per heavy atom. The molecule has 18 heavy (non-hydrogen) atoms. The molecular weight excluding hydrogens is 232 g/mol. The Morgan fingerprint density at radius 3 is 3.06 bits per heavy atom. The Labute approximate surface area is 104 Å². The number of nitrogens with zero attached hydrogens (tertiary/aromatic N) is 1. The Bertz CT molecular complexity index is 618. The van der Waals surface area contributed by atoms with Gasteiger partial charge in [-0.3, -0.25) is 0 Å². The molecule has 2 N–H and O–H groups in total. The second kappa shape index (κ2) is 3.94. The molecule has 0 fully saturated rings. The lowest BCUT2D eigenvalue weighted by molar-refractivity contribution is 0.140. The zero-order valence-corrected chi connectivity index (χ0v) is 10.1. The summed E-state index contributed by atoms with van der Waals surface area (Å²) in [6.07, 6.45) is -0.128. The predicted molar refractivity (Wildman–Crippen MR) is 67.0 cm³/mol. The van der Waals surface area contributed by atoms with Gasteiger partial charge in [0.1, 0.15) is 5.75 Å². The maximum absolute atomic E-state index is 11.0. The van der Waals surface area contributed by atoms with Crippen LogP contribution in [0.3, 0.4) is 0 Å². The van der Waals surface area contributed by atoms with Gasteiger partial charge in [0.15, 0.2) is 0 Å². The molecule has 0 unspecified atom stereocenters. The largest absolute Gasteiger partial charge is 0.497 e. The van der Waals surface area contributed by atoms with E-state index in [1.165, 1.54) is 4.90 Å². The zero-order valence-electron chi connectivity index (χ0n) is 10.1. The number of amides is 1. The molecular formula is C13H14N2O3. The van der Waals surface area contributed by atoms with Gasteiger partial charge in [-0.2, -0.15) is 0 Å². The number of carbonyl (C=O) groups is 1. The van der Waals surface area contributed by atoms with Crippen molar-refractivity contribution in [1.29, 1.82) is 0 Å². The molecule has 1 aromatic heterocycles. The van der Waals surface area contributed by atoms with Gasteiger partial charge in [0, 0.05) is 35.1 Å². The van der Waals surface area contributed by atoms with Crippen molar-refractivity contribution in [3.63, 3.8) is 0 Å². The summed E-state index contributed by atoms with van der Waals surface area (Å²) < 4.78 is 5.21. The summed E-state index contributed by atoms with van der Waals surface area (Å²) in [4.78, 5) is 15.8. The molecule has 0 aliphatic carbocycles. The minimum Gasteiger partial charge on any atom is -0.497 e. The van der Waals surface area contributed by atoms with E-state index in [-0.39, 0.29) is 0 Å². The molecule has 1 aliphatic rings. The average molecular weight is 246 g/mol. The van der Waals surface area contributed by atoms with Crippen molar-refractivity contribution in [2.75, 3.05) is 13.7 Å². The normalized spacial score (nSPS) is 14.6. The molecule has 2 aromatic rings. The molecule has 5 nitrogen and oxygen atoms in total. The lowest BCUT2D eigenvalue weighted by Crippen LogP contribution is -2.34. The maximum Gasteiger partial charge on any atom is 0.407 e. The van der Waals surface area contributed by atoms with Crippen molar-refractivity contribution in [3.05, 3.63) is 29.5 Å². The number of aromatic nitrogens is 1. The van der Waals surface area contributed by atoms with Crippen molar-refractivity contribution in [3.8, 4) is 5.75 Å². The van der Waals surface area contributed by atoms with Gasteiger partial charge in [0.25, 0.3) is 0 Å². The monoisotopic (exact) mass is 246 g/mol. The van der Waals surface area contributed by atoms with Crippen LogP contribution in [0.25, 0.3) is 10.9 Å². The SMILES string of the molecule is COc1ccc2[nH]c3c(c2c1)CN(C(=O)O)CC3. The highest BCUT2D eigenvalue weighted by atomic mass is 16.5. The van der Waals surface area contributed by atoms with E-state index in [0.717, 1.165) is 34.3 Å². The van der Waals surface area contributed by atoms with Gasteiger partial charge in [0.05, 0.1) is 13.7 Å². The highest BCUT2D eigenvalue weighted by molar-refractivity contribution is 5.86. The third kappa shape index (κ3) is 1.59. The Kier molecular flexibility index (Phi) is 2.40. The summed E-state index contributed by atoms with van der Waals surface area (Å²) in [6, 6.07) is 5.83. The van der Waals surface area contributed by atoms with E-state index in [9.17, 15) is 4.79 Å². The topological polar surface area (TPSA) is 65.6 Å². The molecule has 0 bridgehead atoms. The predicted octanol–water partition coefficient (Wildman–Crippen LogP) is 2.21. The quantitative estimate of drug-likeness (QED) is 0.810. The van der Waals surface area contributed by atoms with Crippen LogP contribution in [0.15, 0.2) is 18.2 Å². The fourth-order valence-corrected chi connectivity index (χ4v) is 2.48. The van der Waals surface area contributed by atoms with E-state index in [1.54, 1.807) is 7.11 Å². The average Bonchev–Trinajstić information content (AvgIpc) is 2.75. The number of benzene rings is 1. The number of ether oxygens (including phenoxy) is 1. The first-order valence-electron chi connectivity index (χ1n) is 5.84. The van der Waals surface area contributed by atoms with Crippen LogP contribution in [-0.2, 0) is 13.0 Å². The number of rotatable bonds is 1. The van der Waals surface area contributed by atoms with Crippen LogP contribution < -0.4 is 4.74 Å². The minimum atomic E-state index is -0.863. The van der Waals surface area contributed by atoms with Crippen LogP contribution >= 0.6 is 0 Å². The van der Waals surface area contributed by atoms with Crippen LogP contribution in [0.1, 0.15) is 11.3 Å². The van der Waals surface area contributed by atoms with E-state index in [0.29, 0.717) is 13.1 Å². The van der Waals surface area contributed by atoms with Crippen LogP contribution in [0.2, 0.25) is 0 Å². The highest BCUT2D eigenvalue weighted by Gasteiger charge is 2.23. The summed E-state index contributed by atoms with van der Waals surface area (Å²) in [6.45, 7) is 0.990. The fraction of sp³-hybridized carbons (Fsp3) is 0.308. The number of carboxylic acid groups (broad SMARTS) is 1. The molecule has 2 heterocycles. The lowest BCUT2D eigenvalue weighted by atomic mass is 10.0. The number of aromatic amines is 1.